The van der Waals surface area contributed by atoms with Crippen LogP contribution in [-0.2, 0) is 26.2 Å². The van der Waals surface area contributed by atoms with E-state index in [4.69, 9.17) is 21.1 Å². The molecule has 37 heavy (non-hydrogen) atoms. The Kier molecular flexibility index (Phi) is 11.5. The van der Waals surface area contributed by atoms with Crippen LogP contribution in [0.1, 0.15) is 38.7 Å². The summed E-state index contributed by atoms with van der Waals surface area (Å²) >= 11 is 6.19. The maximum atomic E-state index is 13.3. The second-order valence-corrected chi connectivity index (χ2v) is 10.9. The summed E-state index contributed by atoms with van der Waals surface area (Å²) in [5, 5.41) is 3.12. The maximum absolute atomic E-state index is 13.3. The smallest absolute Gasteiger partial charge is 0.242 e. The Labute approximate surface area is 224 Å². The van der Waals surface area contributed by atoms with Gasteiger partial charge in [0.05, 0.1) is 31.2 Å². The highest BCUT2D eigenvalue weighted by Gasteiger charge is 2.26. The Balaban J connectivity index is 2.18. The fourth-order valence-electron chi connectivity index (χ4n) is 3.72. The summed E-state index contributed by atoms with van der Waals surface area (Å²) in [6.07, 6.45) is 2.18. The number of hydrogen-bond acceptors (Lipinski definition) is 6. The van der Waals surface area contributed by atoms with Crippen molar-refractivity contribution in [3.8, 4) is 11.5 Å². The zero-order valence-electron chi connectivity index (χ0n) is 22.0. The summed E-state index contributed by atoms with van der Waals surface area (Å²) in [6.45, 7) is 4.46. The Bertz CT molecular complexity index is 1160. The summed E-state index contributed by atoms with van der Waals surface area (Å²) in [4.78, 5) is 27.5. The zero-order valence-corrected chi connectivity index (χ0v) is 23.6. The molecule has 1 N–H and O–H groups in total. The maximum Gasteiger partial charge on any atom is 0.242 e. The molecule has 0 aliphatic rings. The molecule has 1 unspecified atom stereocenters. The first kappa shape index (κ1) is 30.2. The van der Waals surface area contributed by atoms with E-state index in [9.17, 15) is 18.0 Å². The van der Waals surface area contributed by atoms with Gasteiger partial charge in [-0.25, -0.2) is 8.42 Å². The molecule has 0 heterocycles. The van der Waals surface area contributed by atoms with E-state index < -0.39 is 16.1 Å². The van der Waals surface area contributed by atoms with Crippen molar-refractivity contribution in [2.45, 2.75) is 45.7 Å². The van der Waals surface area contributed by atoms with Crippen molar-refractivity contribution in [2.24, 2.45) is 0 Å². The van der Waals surface area contributed by atoms with Gasteiger partial charge < -0.3 is 19.7 Å². The summed E-state index contributed by atoms with van der Waals surface area (Å²) in [7, 11) is -0.586. The van der Waals surface area contributed by atoms with Crippen LogP contribution >= 0.6 is 11.6 Å². The first-order valence-corrected chi connectivity index (χ1v) is 14.3. The van der Waals surface area contributed by atoms with E-state index in [-0.39, 0.29) is 42.8 Å². The molecule has 2 amide bonds. The number of amides is 2. The number of sulfonamides is 1. The van der Waals surface area contributed by atoms with E-state index in [0.29, 0.717) is 23.7 Å². The van der Waals surface area contributed by atoms with Crippen molar-refractivity contribution in [3.05, 3.63) is 53.1 Å². The average Bonchev–Trinajstić information content (AvgIpc) is 2.87. The SMILES string of the molecule is CCCNC(=O)C(C)N(Cc1ccc(OC)cc1)C(=O)CCCN(c1ccc(OC)c(Cl)c1)S(C)(=O)=O. The minimum absolute atomic E-state index is 0.0530. The van der Waals surface area contributed by atoms with E-state index in [2.05, 4.69) is 5.32 Å². The third-order valence-corrected chi connectivity index (χ3v) is 7.29. The van der Waals surface area contributed by atoms with Crippen LogP contribution in [0.25, 0.3) is 0 Å². The van der Waals surface area contributed by atoms with Gasteiger partial charge in [-0.1, -0.05) is 30.7 Å². The molecule has 0 saturated heterocycles. The Morgan fingerprint density at radius 3 is 2.30 bits per heavy atom. The number of rotatable bonds is 14. The molecular weight excluding hydrogens is 518 g/mol. The monoisotopic (exact) mass is 553 g/mol. The lowest BCUT2D eigenvalue weighted by atomic mass is 10.1. The van der Waals surface area contributed by atoms with Crippen molar-refractivity contribution in [2.75, 3.05) is 37.9 Å². The van der Waals surface area contributed by atoms with Crippen LogP contribution in [0.4, 0.5) is 5.69 Å². The van der Waals surface area contributed by atoms with Crippen LogP contribution in [0.5, 0.6) is 11.5 Å². The van der Waals surface area contributed by atoms with Crippen LogP contribution in [-0.4, -0.2) is 64.7 Å². The number of hydrogen-bond donors (Lipinski definition) is 1. The number of nitrogens with zero attached hydrogens (tertiary/aromatic N) is 2. The normalized spacial score (nSPS) is 11.9. The molecule has 11 heteroatoms. The van der Waals surface area contributed by atoms with Crippen LogP contribution in [0, 0.1) is 0 Å². The van der Waals surface area contributed by atoms with Gasteiger partial charge in [-0.3, -0.25) is 13.9 Å². The van der Waals surface area contributed by atoms with Crippen molar-refractivity contribution >= 4 is 39.1 Å². The van der Waals surface area contributed by atoms with Crippen LogP contribution in [0.2, 0.25) is 5.02 Å². The van der Waals surface area contributed by atoms with Gasteiger partial charge in [-0.15, -0.1) is 0 Å². The number of carbonyl (C=O) groups excluding carboxylic acids is 2. The lowest BCUT2D eigenvalue weighted by Gasteiger charge is -2.29. The highest BCUT2D eigenvalue weighted by atomic mass is 35.5. The summed E-state index contributed by atoms with van der Waals surface area (Å²) in [5.74, 6) is 0.624. The van der Waals surface area contributed by atoms with Crippen LogP contribution in [0.15, 0.2) is 42.5 Å². The van der Waals surface area contributed by atoms with Gasteiger partial charge in [0.1, 0.15) is 17.5 Å². The molecule has 1 atom stereocenters. The van der Waals surface area contributed by atoms with Gasteiger partial charge in [-0.2, -0.15) is 0 Å². The molecule has 2 aromatic rings. The average molecular weight is 554 g/mol. The Hall–Kier alpha value is -2.98. The Morgan fingerprint density at radius 1 is 1.08 bits per heavy atom. The summed E-state index contributed by atoms with van der Waals surface area (Å²) in [6, 6.07) is 11.3. The number of methoxy groups -OCH3 is 2. The molecule has 2 rings (SSSR count). The molecule has 2 aromatic carbocycles. The number of halogens is 1. The molecule has 0 spiro atoms. The third kappa shape index (κ3) is 8.82. The second kappa shape index (κ2) is 14.1. The first-order chi connectivity index (χ1) is 17.5. The number of benzene rings is 2. The molecule has 0 bridgehead atoms. The van der Waals surface area contributed by atoms with E-state index in [1.165, 1.54) is 22.4 Å². The van der Waals surface area contributed by atoms with E-state index >= 15 is 0 Å². The molecule has 0 saturated carbocycles. The topological polar surface area (TPSA) is 105 Å². The molecule has 0 aliphatic heterocycles. The fourth-order valence-corrected chi connectivity index (χ4v) is 4.93. The van der Waals surface area contributed by atoms with Crippen LogP contribution in [0.3, 0.4) is 0 Å². The fraction of sp³-hybridized carbons (Fsp3) is 0.462. The lowest BCUT2D eigenvalue weighted by Crippen LogP contribution is -2.47. The largest absolute Gasteiger partial charge is 0.497 e. The quantitative estimate of drug-likeness (QED) is 0.381. The number of ether oxygens (including phenoxy) is 2. The van der Waals surface area contributed by atoms with E-state index in [1.54, 1.807) is 38.3 Å². The molecule has 0 aromatic heterocycles. The predicted molar refractivity (Wildman–Crippen MR) is 146 cm³/mol. The lowest BCUT2D eigenvalue weighted by molar-refractivity contribution is -0.140. The first-order valence-electron chi connectivity index (χ1n) is 12.0. The van der Waals surface area contributed by atoms with E-state index in [0.717, 1.165) is 18.2 Å². The molecular formula is C26H36ClN3O6S. The van der Waals surface area contributed by atoms with Gasteiger partial charge >= 0.3 is 0 Å². The molecule has 9 nitrogen and oxygen atoms in total. The minimum atomic E-state index is -3.63. The number of nitrogens with one attached hydrogen (secondary N) is 1. The van der Waals surface area contributed by atoms with Crippen molar-refractivity contribution in [1.29, 1.82) is 0 Å². The number of carbonyl (C=O) groups is 2. The highest BCUT2D eigenvalue weighted by Crippen LogP contribution is 2.30. The molecule has 0 fully saturated rings. The summed E-state index contributed by atoms with van der Waals surface area (Å²) in [5.41, 5.74) is 1.22. The van der Waals surface area contributed by atoms with Gasteiger partial charge in [-0.05, 0) is 55.7 Å². The predicted octanol–water partition coefficient (Wildman–Crippen LogP) is 3.85. The van der Waals surface area contributed by atoms with Crippen molar-refractivity contribution in [3.63, 3.8) is 0 Å². The highest BCUT2D eigenvalue weighted by molar-refractivity contribution is 7.92. The van der Waals surface area contributed by atoms with Gasteiger partial charge in [0.15, 0.2) is 0 Å². The van der Waals surface area contributed by atoms with Crippen LogP contribution < -0.4 is 19.1 Å². The van der Waals surface area contributed by atoms with Gasteiger partial charge in [0.2, 0.25) is 21.8 Å². The van der Waals surface area contributed by atoms with Crippen molar-refractivity contribution in [1.82, 2.24) is 10.2 Å². The number of anilines is 1. The second-order valence-electron chi connectivity index (χ2n) is 8.59. The molecule has 0 aliphatic carbocycles. The van der Waals surface area contributed by atoms with Crippen molar-refractivity contribution < 1.29 is 27.5 Å². The van der Waals surface area contributed by atoms with Gasteiger partial charge in [0.25, 0.3) is 0 Å². The van der Waals surface area contributed by atoms with Gasteiger partial charge in [0, 0.05) is 26.1 Å². The molecule has 0 radical (unpaired) electrons. The standard InChI is InChI=1S/C26H36ClN3O6S/c1-6-15-28-26(32)19(2)29(18-20-9-12-22(35-3)13-10-20)25(31)8-7-16-30(37(5,33)34)21-11-14-24(36-4)23(27)17-21/h9-14,17,19H,6-8,15-16,18H2,1-5H3,(H,28,32). The summed E-state index contributed by atoms with van der Waals surface area (Å²) < 4.78 is 36.5. The third-order valence-electron chi connectivity index (χ3n) is 5.80. The Morgan fingerprint density at radius 2 is 1.76 bits per heavy atom. The zero-order chi connectivity index (χ0) is 27.6. The van der Waals surface area contributed by atoms with E-state index in [1.807, 2.05) is 19.1 Å². The minimum Gasteiger partial charge on any atom is -0.497 e. The molecule has 204 valence electrons.